The molecule has 0 saturated carbocycles. The molecule has 0 bridgehead atoms. The summed E-state index contributed by atoms with van der Waals surface area (Å²) in [4.78, 5) is 15.2. The van der Waals surface area contributed by atoms with Crippen LogP contribution in [-0.2, 0) is 6.42 Å². The number of hydrogen-bond donors (Lipinski definition) is 2. The number of hydrogen-bond acceptors (Lipinski definition) is 6. The lowest BCUT2D eigenvalue weighted by atomic mass is 10.0. The number of nitrogens with one attached hydrogen (secondary N) is 1. The van der Waals surface area contributed by atoms with Crippen LogP contribution < -0.4 is 5.32 Å². The molecule has 8 nitrogen and oxygen atoms in total. The van der Waals surface area contributed by atoms with E-state index in [0.29, 0.717) is 30.0 Å². The lowest BCUT2D eigenvalue weighted by Gasteiger charge is -2.08. The molecule has 0 spiro atoms. The van der Waals surface area contributed by atoms with Gasteiger partial charge in [0.2, 0.25) is 0 Å². The van der Waals surface area contributed by atoms with Gasteiger partial charge in [0.1, 0.15) is 5.82 Å². The number of anilines is 1. The Hall–Kier alpha value is -3.03. The third-order valence-electron chi connectivity index (χ3n) is 3.06. The van der Waals surface area contributed by atoms with E-state index in [4.69, 9.17) is 5.11 Å². The fourth-order valence-corrected chi connectivity index (χ4v) is 2.07. The Morgan fingerprint density at radius 3 is 3.00 bits per heavy atom. The van der Waals surface area contributed by atoms with Crippen LogP contribution >= 0.6 is 0 Å². The number of carboxylic acid groups (broad SMARTS) is 1. The van der Waals surface area contributed by atoms with Crippen LogP contribution in [0, 0.1) is 0 Å². The Morgan fingerprint density at radius 1 is 1.29 bits per heavy atom. The van der Waals surface area contributed by atoms with Crippen LogP contribution in [0.1, 0.15) is 15.9 Å². The van der Waals surface area contributed by atoms with E-state index < -0.39 is 5.97 Å². The summed E-state index contributed by atoms with van der Waals surface area (Å²) in [6, 6.07) is 6.94. The standard InChI is InChI=1S/C13H12N6O2/c20-13(21)10-4-2-1-3-9(10)5-6-15-11-7-14-8-12-16-17-18-19(11)12/h1-4,7-8,15H,5-6H2,(H,20,21). The molecular weight excluding hydrogens is 272 g/mol. The molecular formula is C13H12N6O2. The topological polar surface area (TPSA) is 105 Å². The highest BCUT2D eigenvalue weighted by molar-refractivity contribution is 5.89. The summed E-state index contributed by atoms with van der Waals surface area (Å²) >= 11 is 0. The fourth-order valence-electron chi connectivity index (χ4n) is 2.07. The van der Waals surface area contributed by atoms with Gasteiger partial charge in [-0.05, 0) is 28.5 Å². The summed E-state index contributed by atoms with van der Waals surface area (Å²) in [6.45, 7) is 0.547. The lowest BCUT2D eigenvalue weighted by molar-refractivity contribution is 0.0695. The van der Waals surface area contributed by atoms with Crippen LogP contribution in [0.3, 0.4) is 0 Å². The van der Waals surface area contributed by atoms with E-state index in [2.05, 4.69) is 25.8 Å². The third kappa shape index (κ3) is 2.64. The molecule has 0 aliphatic heterocycles. The third-order valence-corrected chi connectivity index (χ3v) is 3.06. The molecule has 0 aliphatic rings. The highest BCUT2D eigenvalue weighted by Crippen LogP contribution is 2.11. The van der Waals surface area contributed by atoms with E-state index in [9.17, 15) is 4.79 Å². The highest BCUT2D eigenvalue weighted by Gasteiger charge is 2.09. The first kappa shape index (κ1) is 13.0. The summed E-state index contributed by atoms with van der Waals surface area (Å²) in [7, 11) is 0. The summed E-state index contributed by atoms with van der Waals surface area (Å²) in [6.07, 6.45) is 3.75. The number of rotatable bonds is 5. The van der Waals surface area contributed by atoms with E-state index in [-0.39, 0.29) is 0 Å². The van der Waals surface area contributed by atoms with Crippen molar-refractivity contribution in [3.63, 3.8) is 0 Å². The van der Waals surface area contributed by atoms with Crippen LogP contribution in [0.5, 0.6) is 0 Å². The molecule has 2 heterocycles. The second-order valence-electron chi connectivity index (χ2n) is 4.38. The molecule has 2 aromatic heterocycles. The van der Waals surface area contributed by atoms with Gasteiger partial charge < -0.3 is 10.4 Å². The van der Waals surface area contributed by atoms with Gasteiger partial charge in [-0.15, -0.1) is 5.10 Å². The zero-order valence-electron chi connectivity index (χ0n) is 11.0. The van der Waals surface area contributed by atoms with Crippen molar-refractivity contribution in [2.24, 2.45) is 0 Å². The predicted octanol–water partition coefficient (Wildman–Crippen LogP) is 0.872. The number of carbonyl (C=O) groups is 1. The number of tetrazole rings is 1. The smallest absolute Gasteiger partial charge is 0.335 e. The van der Waals surface area contributed by atoms with Gasteiger partial charge in [0, 0.05) is 6.54 Å². The minimum Gasteiger partial charge on any atom is -0.478 e. The maximum Gasteiger partial charge on any atom is 0.335 e. The molecule has 0 fully saturated rings. The van der Waals surface area contributed by atoms with Crippen LogP contribution in [0.2, 0.25) is 0 Å². The Kier molecular flexibility index (Phi) is 3.42. The van der Waals surface area contributed by atoms with Gasteiger partial charge >= 0.3 is 5.97 Å². The van der Waals surface area contributed by atoms with Crippen molar-refractivity contribution in [3.05, 3.63) is 47.8 Å². The van der Waals surface area contributed by atoms with Crippen molar-refractivity contribution >= 4 is 17.4 Å². The van der Waals surface area contributed by atoms with Gasteiger partial charge in [-0.1, -0.05) is 18.2 Å². The number of carboxylic acids is 1. The van der Waals surface area contributed by atoms with Gasteiger partial charge in [-0.3, -0.25) is 4.98 Å². The number of benzene rings is 1. The summed E-state index contributed by atoms with van der Waals surface area (Å²) in [5.41, 5.74) is 1.64. The second kappa shape index (κ2) is 5.53. The van der Waals surface area contributed by atoms with E-state index in [1.54, 1.807) is 30.6 Å². The van der Waals surface area contributed by atoms with Crippen molar-refractivity contribution in [2.75, 3.05) is 11.9 Å². The molecule has 1 aromatic carbocycles. The van der Waals surface area contributed by atoms with Gasteiger partial charge in [-0.25, -0.2) is 4.79 Å². The van der Waals surface area contributed by atoms with Crippen LogP contribution in [0.15, 0.2) is 36.7 Å². The Balaban J connectivity index is 1.72. The van der Waals surface area contributed by atoms with Crippen molar-refractivity contribution in [2.45, 2.75) is 6.42 Å². The molecule has 0 saturated heterocycles. The zero-order chi connectivity index (χ0) is 14.7. The molecule has 0 unspecified atom stereocenters. The normalized spacial score (nSPS) is 10.7. The Morgan fingerprint density at radius 2 is 2.14 bits per heavy atom. The summed E-state index contributed by atoms with van der Waals surface area (Å²) in [5, 5.41) is 23.5. The van der Waals surface area contributed by atoms with Gasteiger partial charge in [0.05, 0.1) is 18.0 Å². The molecule has 0 radical (unpaired) electrons. The first-order valence-corrected chi connectivity index (χ1v) is 6.33. The number of aromatic carboxylic acids is 1. The predicted molar refractivity (Wildman–Crippen MR) is 74.2 cm³/mol. The minimum absolute atomic E-state index is 0.318. The Labute approximate surface area is 119 Å². The number of nitrogens with zero attached hydrogens (tertiary/aromatic N) is 5. The fraction of sp³-hybridized carbons (Fsp3) is 0.154. The molecule has 8 heteroatoms. The van der Waals surface area contributed by atoms with E-state index in [1.807, 2.05) is 6.07 Å². The molecule has 0 aliphatic carbocycles. The maximum absolute atomic E-state index is 11.1. The quantitative estimate of drug-likeness (QED) is 0.716. The van der Waals surface area contributed by atoms with E-state index >= 15 is 0 Å². The summed E-state index contributed by atoms with van der Waals surface area (Å²) < 4.78 is 1.54. The second-order valence-corrected chi connectivity index (χ2v) is 4.38. The first-order valence-electron chi connectivity index (χ1n) is 6.33. The average Bonchev–Trinajstić information content (AvgIpc) is 2.97. The van der Waals surface area contributed by atoms with E-state index in [0.717, 1.165) is 5.56 Å². The summed E-state index contributed by atoms with van der Waals surface area (Å²) in [5.74, 6) is -0.264. The van der Waals surface area contributed by atoms with Crippen LogP contribution in [0.4, 0.5) is 5.82 Å². The van der Waals surface area contributed by atoms with Gasteiger partial charge in [0.25, 0.3) is 0 Å². The Bertz CT molecular complexity index is 785. The van der Waals surface area contributed by atoms with Crippen molar-refractivity contribution in [1.82, 2.24) is 25.0 Å². The van der Waals surface area contributed by atoms with E-state index in [1.165, 1.54) is 4.52 Å². The lowest BCUT2D eigenvalue weighted by Crippen LogP contribution is -2.11. The largest absolute Gasteiger partial charge is 0.478 e. The van der Waals surface area contributed by atoms with Crippen LogP contribution in [0.25, 0.3) is 5.65 Å². The molecule has 0 atom stereocenters. The highest BCUT2D eigenvalue weighted by atomic mass is 16.4. The zero-order valence-corrected chi connectivity index (χ0v) is 11.0. The molecule has 106 valence electrons. The minimum atomic E-state index is -0.921. The number of aromatic nitrogens is 5. The average molecular weight is 284 g/mol. The van der Waals surface area contributed by atoms with Gasteiger partial charge in [-0.2, -0.15) is 4.52 Å². The monoisotopic (exact) mass is 284 g/mol. The van der Waals surface area contributed by atoms with Crippen molar-refractivity contribution in [3.8, 4) is 0 Å². The molecule has 2 N–H and O–H groups in total. The molecule has 3 rings (SSSR count). The first-order chi connectivity index (χ1) is 10.3. The van der Waals surface area contributed by atoms with Crippen LogP contribution in [-0.4, -0.2) is 42.6 Å². The molecule has 21 heavy (non-hydrogen) atoms. The number of fused-ring (bicyclic) bond motifs is 1. The van der Waals surface area contributed by atoms with Crippen molar-refractivity contribution < 1.29 is 9.90 Å². The maximum atomic E-state index is 11.1. The van der Waals surface area contributed by atoms with Crippen molar-refractivity contribution in [1.29, 1.82) is 0 Å². The van der Waals surface area contributed by atoms with Gasteiger partial charge in [0.15, 0.2) is 5.65 Å². The SMILES string of the molecule is O=C(O)c1ccccc1CCNc1cncc2nnnn12. The molecule has 0 amide bonds. The molecule has 3 aromatic rings.